The molecule has 0 spiro atoms. The molecule has 0 radical (unpaired) electrons. The highest BCUT2D eigenvalue weighted by Crippen LogP contribution is 2.29. The maximum Gasteiger partial charge on any atom is 0.324 e. The average Bonchev–Trinajstić information content (AvgIpc) is 2.18. The summed E-state index contributed by atoms with van der Waals surface area (Å²) < 4.78 is 5.44. The molecule has 0 aromatic rings. The topological polar surface area (TPSA) is 38.3 Å². The van der Waals surface area contributed by atoms with Gasteiger partial charge in [0.2, 0.25) is 0 Å². The Morgan fingerprint density at radius 1 is 1.47 bits per heavy atom. The highest BCUT2D eigenvalue weighted by atomic mass is 35.5. The lowest BCUT2D eigenvalue weighted by Crippen LogP contribution is -2.43. The Bertz CT molecular complexity index is 223. The van der Waals surface area contributed by atoms with Crippen LogP contribution in [0.5, 0.6) is 0 Å². The number of halogens is 1. The second-order valence-electron chi connectivity index (χ2n) is 4.66. The van der Waals surface area contributed by atoms with Gasteiger partial charge in [0.25, 0.3) is 0 Å². The van der Waals surface area contributed by atoms with Crippen LogP contribution in [0.15, 0.2) is 0 Å². The zero-order chi connectivity index (χ0) is 11.5. The lowest BCUT2D eigenvalue weighted by molar-refractivity contribution is -0.161. The molecule has 0 aliphatic carbocycles. The van der Waals surface area contributed by atoms with Crippen molar-refractivity contribution in [3.63, 3.8) is 0 Å². The summed E-state index contributed by atoms with van der Waals surface area (Å²) in [6.45, 7) is 7.59. The number of alkyl halides is 1. The van der Waals surface area contributed by atoms with E-state index >= 15 is 0 Å². The van der Waals surface area contributed by atoms with Crippen LogP contribution in [-0.2, 0) is 9.53 Å². The minimum absolute atomic E-state index is 0.319. The van der Waals surface area contributed by atoms with Gasteiger partial charge in [-0.1, -0.05) is 0 Å². The van der Waals surface area contributed by atoms with Gasteiger partial charge in [-0.3, -0.25) is 4.79 Å². The Balaban J connectivity index is 2.52. The van der Waals surface area contributed by atoms with Crippen LogP contribution in [-0.4, -0.2) is 30.0 Å². The molecule has 1 fully saturated rings. The van der Waals surface area contributed by atoms with Crippen molar-refractivity contribution in [2.24, 2.45) is 5.92 Å². The van der Waals surface area contributed by atoms with Gasteiger partial charge in [-0.15, -0.1) is 11.6 Å². The molecular formula is C11H20ClNO2. The van der Waals surface area contributed by atoms with Gasteiger partial charge < -0.3 is 10.1 Å². The van der Waals surface area contributed by atoms with Gasteiger partial charge in [-0.05, 0) is 46.7 Å². The van der Waals surface area contributed by atoms with Crippen molar-refractivity contribution in [3.05, 3.63) is 0 Å². The first-order valence-electron chi connectivity index (χ1n) is 5.51. The minimum atomic E-state index is -0.564. The Morgan fingerprint density at radius 3 is 2.47 bits per heavy atom. The average molecular weight is 234 g/mol. The van der Waals surface area contributed by atoms with Gasteiger partial charge >= 0.3 is 5.97 Å². The van der Waals surface area contributed by atoms with Crippen LogP contribution in [0.1, 0.15) is 33.6 Å². The van der Waals surface area contributed by atoms with Crippen molar-refractivity contribution in [1.82, 2.24) is 5.32 Å². The molecule has 0 aromatic heterocycles. The lowest BCUT2D eigenvalue weighted by Gasteiger charge is -2.36. The molecule has 0 amide bonds. The Hall–Kier alpha value is -0.280. The quantitative estimate of drug-likeness (QED) is 0.598. The van der Waals surface area contributed by atoms with Crippen LogP contribution in [0.4, 0.5) is 0 Å². The summed E-state index contributed by atoms with van der Waals surface area (Å²) in [6, 6.07) is 0. The molecule has 0 bridgehead atoms. The molecular weight excluding hydrogens is 214 g/mol. The van der Waals surface area contributed by atoms with Crippen LogP contribution in [0.25, 0.3) is 0 Å². The zero-order valence-corrected chi connectivity index (χ0v) is 10.4. The molecule has 1 heterocycles. The number of carbonyl (C=O) groups excluding carboxylic acids is 1. The molecule has 1 aliphatic heterocycles. The summed E-state index contributed by atoms with van der Waals surface area (Å²) >= 11 is 5.69. The van der Waals surface area contributed by atoms with Crippen LogP contribution in [0.2, 0.25) is 0 Å². The highest BCUT2D eigenvalue weighted by Gasteiger charge is 2.34. The van der Waals surface area contributed by atoms with Crippen LogP contribution >= 0.6 is 11.6 Å². The number of piperidine rings is 1. The van der Waals surface area contributed by atoms with Crippen LogP contribution in [0.3, 0.4) is 0 Å². The summed E-state index contributed by atoms with van der Waals surface area (Å²) in [6.07, 6.45) is 2.11. The standard InChI is InChI=1S/C11H20ClNO2/c1-8(12)10(14)15-11(2,3)9-4-6-13-7-5-9/h8-9,13H,4-7H2,1-3H3. The first-order valence-corrected chi connectivity index (χ1v) is 5.95. The van der Waals surface area contributed by atoms with E-state index in [1.54, 1.807) is 6.92 Å². The molecule has 0 saturated carbocycles. The Labute approximate surface area is 96.5 Å². The number of nitrogens with one attached hydrogen (secondary N) is 1. The van der Waals surface area contributed by atoms with E-state index in [2.05, 4.69) is 5.32 Å². The van der Waals surface area contributed by atoms with Crippen molar-refractivity contribution < 1.29 is 9.53 Å². The summed E-state index contributed by atoms with van der Waals surface area (Å²) in [5.74, 6) is 0.110. The van der Waals surface area contributed by atoms with Gasteiger partial charge in [-0.25, -0.2) is 0 Å². The van der Waals surface area contributed by atoms with E-state index in [4.69, 9.17) is 16.3 Å². The van der Waals surface area contributed by atoms with Crippen molar-refractivity contribution in [1.29, 1.82) is 0 Å². The predicted octanol–water partition coefficient (Wildman–Crippen LogP) is 1.94. The summed E-state index contributed by atoms with van der Waals surface area (Å²) in [5, 5.41) is 2.73. The van der Waals surface area contributed by atoms with Crippen LogP contribution in [0, 0.1) is 5.92 Å². The molecule has 0 aromatic carbocycles. The van der Waals surface area contributed by atoms with Crippen molar-refractivity contribution in [3.8, 4) is 0 Å². The largest absolute Gasteiger partial charge is 0.458 e. The highest BCUT2D eigenvalue weighted by molar-refractivity contribution is 6.29. The number of hydrogen-bond acceptors (Lipinski definition) is 3. The minimum Gasteiger partial charge on any atom is -0.458 e. The second-order valence-corrected chi connectivity index (χ2v) is 5.32. The molecule has 1 N–H and O–H groups in total. The molecule has 1 rings (SSSR count). The number of hydrogen-bond donors (Lipinski definition) is 1. The summed E-state index contributed by atoms with van der Waals surface area (Å²) in [5.41, 5.74) is -0.400. The van der Waals surface area contributed by atoms with E-state index in [9.17, 15) is 4.79 Å². The molecule has 3 nitrogen and oxygen atoms in total. The Morgan fingerprint density at radius 2 is 2.00 bits per heavy atom. The fourth-order valence-electron chi connectivity index (χ4n) is 1.94. The van der Waals surface area contributed by atoms with Crippen molar-refractivity contribution in [2.75, 3.05) is 13.1 Å². The fraction of sp³-hybridized carbons (Fsp3) is 0.909. The van der Waals surface area contributed by atoms with Gasteiger partial charge in [0, 0.05) is 5.92 Å². The molecule has 1 aliphatic rings. The number of ether oxygens (including phenoxy) is 1. The summed E-state index contributed by atoms with van der Waals surface area (Å²) in [4.78, 5) is 11.4. The van der Waals surface area contributed by atoms with Crippen molar-refractivity contribution >= 4 is 17.6 Å². The van der Waals surface area contributed by atoms with Crippen LogP contribution < -0.4 is 5.32 Å². The van der Waals surface area contributed by atoms with E-state index < -0.39 is 11.0 Å². The van der Waals surface area contributed by atoms with E-state index in [0.717, 1.165) is 25.9 Å². The third-order valence-corrected chi connectivity index (χ3v) is 3.19. The molecule has 15 heavy (non-hydrogen) atoms. The van der Waals surface area contributed by atoms with E-state index in [1.807, 2.05) is 13.8 Å². The molecule has 1 unspecified atom stereocenters. The maximum atomic E-state index is 11.4. The number of esters is 1. The number of carbonyl (C=O) groups is 1. The second kappa shape index (κ2) is 5.17. The third kappa shape index (κ3) is 3.65. The zero-order valence-electron chi connectivity index (χ0n) is 9.68. The van der Waals surface area contributed by atoms with E-state index in [1.165, 1.54) is 0 Å². The van der Waals surface area contributed by atoms with E-state index in [0.29, 0.717) is 5.92 Å². The predicted molar refractivity (Wildman–Crippen MR) is 61.1 cm³/mol. The molecule has 4 heteroatoms. The van der Waals surface area contributed by atoms with Gasteiger partial charge in [0.05, 0.1) is 0 Å². The van der Waals surface area contributed by atoms with Gasteiger partial charge in [0.1, 0.15) is 11.0 Å². The summed E-state index contributed by atoms with van der Waals surface area (Å²) in [7, 11) is 0. The Kier molecular flexibility index (Phi) is 4.41. The van der Waals surface area contributed by atoms with Gasteiger partial charge in [0.15, 0.2) is 0 Å². The van der Waals surface area contributed by atoms with Gasteiger partial charge in [-0.2, -0.15) is 0 Å². The SMILES string of the molecule is CC(Cl)C(=O)OC(C)(C)C1CCNCC1. The maximum absolute atomic E-state index is 11.4. The first kappa shape index (κ1) is 12.8. The van der Waals surface area contributed by atoms with E-state index in [-0.39, 0.29) is 5.97 Å². The molecule has 88 valence electrons. The smallest absolute Gasteiger partial charge is 0.324 e. The molecule has 1 saturated heterocycles. The monoisotopic (exact) mass is 233 g/mol. The third-order valence-electron chi connectivity index (χ3n) is 3.01. The lowest BCUT2D eigenvalue weighted by atomic mass is 9.83. The van der Waals surface area contributed by atoms with Crippen molar-refractivity contribution in [2.45, 2.75) is 44.6 Å². The first-order chi connectivity index (χ1) is 6.93. The normalized spacial score (nSPS) is 21.1. The number of rotatable bonds is 3. The molecule has 1 atom stereocenters. The fourth-order valence-corrected chi connectivity index (χ4v) is 1.99.